The van der Waals surface area contributed by atoms with E-state index < -0.39 is 0 Å². The molecule has 2 aliphatic heterocycles. The smallest absolute Gasteiger partial charge is 0.0110 e. The molecular formula is C17H37N3. The lowest BCUT2D eigenvalue weighted by molar-refractivity contribution is -0.0903. The Labute approximate surface area is 127 Å². The first-order valence-corrected chi connectivity index (χ1v) is 8.75. The SMILES string of the molecule is CC.CC.CN1CCN(CC2CC3(C2)CN(C)C3)CC1. The number of hydrogen-bond donors (Lipinski definition) is 0. The van der Waals surface area contributed by atoms with Crippen molar-refractivity contribution in [1.29, 1.82) is 0 Å². The summed E-state index contributed by atoms with van der Waals surface area (Å²) in [6.07, 6.45) is 3.01. The molecule has 0 unspecified atom stereocenters. The summed E-state index contributed by atoms with van der Waals surface area (Å²) in [5, 5.41) is 0. The third-order valence-electron chi connectivity index (χ3n) is 4.77. The minimum Gasteiger partial charge on any atom is -0.305 e. The Bertz CT molecular complexity index is 245. The maximum absolute atomic E-state index is 2.68. The summed E-state index contributed by atoms with van der Waals surface area (Å²) >= 11 is 0. The standard InChI is InChI=1S/C13H25N3.2C2H6/c1-14-3-5-16(6-4-14)9-12-7-13(8-12)10-15(2)11-13;2*1-2/h12H,3-11H2,1-2H3;2*1-2H3. The zero-order chi connectivity index (χ0) is 15.2. The van der Waals surface area contributed by atoms with Crippen LogP contribution in [0, 0.1) is 11.3 Å². The molecule has 1 aliphatic carbocycles. The van der Waals surface area contributed by atoms with Crippen LogP contribution >= 0.6 is 0 Å². The van der Waals surface area contributed by atoms with Crippen molar-refractivity contribution in [2.45, 2.75) is 40.5 Å². The lowest BCUT2D eigenvalue weighted by atomic mass is 9.58. The fourth-order valence-corrected chi connectivity index (χ4v) is 4.05. The topological polar surface area (TPSA) is 9.72 Å². The second-order valence-corrected chi connectivity index (χ2v) is 6.55. The largest absolute Gasteiger partial charge is 0.305 e. The minimum atomic E-state index is 0.770. The van der Waals surface area contributed by atoms with Crippen molar-refractivity contribution in [1.82, 2.24) is 14.7 Å². The van der Waals surface area contributed by atoms with Crippen molar-refractivity contribution in [3.05, 3.63) is 0 Å². The highest BCUT2D eigenvalue weighted by molar-refractivity contribution is 5.03. The zero-order valence-corrected chi connectivity index (χ0v) is 14.8. The Morgan fingerprint density at radius 2 is 1.30 bits per heavy atom. The Morgan fingerprint density at radius 3 is 1.75 bits per heavy atom. The highest BCUT2D eigenvalue weighted by Crippen LogP contribution is 2.51. The van der Waals surface area contributed by atoms with Crippen LogP contribution < -0.4 is 0 Å². The van der Waals surface area contributed by atoms with Crippen LogP contribution in [0.2, 0.25) is 0 Å². The minimum absolute atomic E-state index is 0.770. The Morgan fingerprint density at radius 1 is 0.800 bits per heavy atom. The highest BCUT2D eigenvalue weighted by atomic mass is 15.2. The number of likely N-dealkylation sites (tertiary alicyclic amines) is 1. The molecule has 0 N–H and O–H groups in total. The molecule has 0 aromatic rings. The van der Waals surface area contributed by atoms with Gasteiger partial charge in [0, 0.05) is 45.8 Å². The lowest BCUT2D eigenvalue weighted by Gasteiger charge is -2.59. The number of hydrogen-bond acceptors (Lipinski definition) is 3. The first-order valence-electron chi connectivity index (χ1n) is 8.75. The molecule has 2 saturated heterocycles. The molecule has 3 heteroatoms. The molecule has 0 radical (unpaired) electrons. The van der Waals surface area contributed by atoms with Crippen molar-refractivity contribution in [2.75, 3.05) is 59.9 Å². The van der Waals surface area contributed by atoms with Gasteiger partial charge in [-0.3, -0.25) is 0 Å². The summed E-state index contributed by atoms with van der Waals surface area (Å²) in [7, 11) is 4.49. The molecule has 20 heavy (non-hydrogen) atoms. The van der Waals surface area contributed by atoms with E-state index in [2.05, 4.69) is 28.8 Å². The van der Waals surface area contributed by atoms with Gasteiger partial charge in [0.1, 0.15) is 0 Å². The van der Waals surface area contributed by atoms with E-state index >= 15 is 0 Å². The van der Waals surface area contributed by atoms with Crippen molar-refractivity contribution in [3.8, 4) is 0 Å². The van der Waals surface area contributed by atoms with Gasteiger partial charge in [0.25, 0.3) is 0 Å². The molecule has 120 valence electrons. The maximum Gasteiger partial charge on any atom is 0.0110 e. The third kappa shape index (κ3) is 4.44. The van der Waals surface area contributed by atoms with E-state index in [1.54, 1.807) is 0 Å². The molecule has 0 amide bonds. The van der Waals surface area contributed by atoms with Crippen molar-refractivity contribution < 1.29 is 0 Å². The van der Waals surface area contributed by atoms with E-state index in [1.165, 1.54) is 58.7 Å². The number of rotatable bonds is 2. The molecule has 0 bridgehead atoms. The molecule has 1 spiro atoms. The van der Waals surface area contributed by atoms with Crippen LogP contribution in [-0.2, 0) is 0 Å². The van der Waals surface area contributed by atoms with Crippen molar-refractivity contribution in [3.63, 3.8) is 0 Å². The predicted octanol–water partition coefficient (Wildman–Crippen LogP) is 2.63. The molecule has 0 atom stereocenters. The van der Waals surface area contributed by atoms with Gasteiger partial charge in [0.2, 0.25) is 0 Å². The maximum atomic E-state index is 2.68. The highest BCUT2D eigenvalue weighted by Gasteiger charge is 2.50. The van der Waals surface area contributed by atoms with E-state index in [1.807, 2.05) is 27.7 Å². The second kappa shape index (κ2) is 8.35. The monoisotopic (exact) mass is 283 g/mol. The Hall–Kier alpha value is -0.120. The summed E-state index contributed by atoms with van der Waals surface area (Å²) in [6.45, 7) is 17.2. The Kier molecular flexibility index (Phi) is 7.49. The second-order valence-electron chi connectivity index (χ2n) is 6.55. The summed E-state index contributed by atoms with van der Waals surface area (Å²) in [6, 6.07) is 0. The van der Waals surface area contributed by atoms with Gasteiger partial charge in [0.05, 0.1) is 0 Å². The van der Waals surface area contributed by atoms with Crippen LogP contribution in [0.3, 0.4) is 0 Å². The van der Waals surface area contributed by atoms with E-state index in [-0.39, 0.29) is 0 Å². The summed E-state index contributed by atoms with van der Waals surface area (Å²) < 4.78 is 0. The molecule has 3 aliphatic rings. The summed E-state index contributed by atoms with van der Waals surface area (Å²) in [4.78, 5) is 7.59. The normalized spacial score (nSPS) is 26.7. The van der Waals surface area contributed by atoms with Crippen LogP contribution in [0.25, 0.3) is 0 Å². The average Bonchev–Trinajstić information content (AvgIpc) is 2.42. The van der Waals surface area contributed by atoms with Gasteiger partial charge in [-0.25, -0.2) is 0 Å². The van der Waals surface area contributed by atoms with Crippen molar-refractivity contribution in [2.24, 2.45) is 11.3 Å². The van der Waals surface area contributed by atoms with Gasteiger partial charge in [-0.05, 0) is 38.3 Å². The summed E-state index contributed by atoms with van der Waals surface area (Å²) in [5.74, 6) is 1.01. The number of nitrogens with zero attached hydrogens (tertiary/aromatic N) is 3. The quantitative estimate of drug-likeness (QED) is 0.771. The predicted molar refractivity (Wildman–Crippen MR) is 89.3 cm³/mol. The van der Waals surface area contributed by atoms with Gasteiger partial charge in [-0.1, -0.05) is 27.7 Å². The molecule has 1 saturated carbocycles. The van der Waals surface area contributed by atoms with Crippen LogP contribution in [0.5, 0.6) is 0 Å². The first-order chi connectivity index (χ1) is 9.65. The van der Waals surface area contributed by atoms with Crippen LogP contribution in [0.1, 0.15) is 40.5 Å². The molecule has 3 rings (SSSR count). The van der Waals surface area contributed by atoms with Gasteiger partial charge in [-0.2, -0.15) is 0 Å². The van der Waals surface area contributed by atoms with E-state index in [0.717, 1.165) is 11.3 Å². The van der Waals surface area contributed by atoms with E-state index in [4.69, 9.17) is 0 Å². The van der Waals surface area contributed by atoms with Gasteiger partial charge >= 0.3 is 0 Å². The lowest BCUT2D eigenvalue weighted by Crippen LogP contribution is -2.62. The number of likely N-dealkylation sites (N-methyl/N-ethyl adjacent to an activating group) is 1. The van der Waals surface area contributed by atoms with Crippen molar-refractivity contribution >= 4 is 0 Å². The molecule has 3 nitrogen and oxygen atoms in total. The molecule has 0 aromatic heterocycles. The zero-order valence-electron chi connectivity index (χ0n) is 14.8. The number of piperazine rings is 1. The Balaban J connectivity index is 0.000000461. The fraction of sp³-hybridized carbons (Fsp3) is 1.00. The van der Waals surface area contributed by atoms with Gasteiger partial charge in [-0.15, -0.1) is 0 Å². The van der Waals surface area contributed by atoms with Crippen LogP contribution in [0.4, 0.5) is 0 Å². The summed E-state index contributed by atoms with van der Waals surface area (Å²) in [5.41, 5.74) is 0.770. The molecular weight excluding hydrogens is 246 g/mol. The van der Waals surface area contributed by atoms with Crippen LogP contribution in [-0.4, -0.2) is 74.6 Å². The molecule has 3 fully saturated rings. The molecule has 2 heterocycles. The molecule has 0 aromatic carbocycles. The van der Waals surface area contributed by atoms with Gasteiger partial charge in [0.15, 0.2) is 0 Å². The van der Waals surface area contributed by atoms with E-state index in [0.29, 0.717) is 0 Å². The van der Waals surface area contributed by atoms with E-state index in [9.17, 15) is 0 Å². The van der Waals surface area contributed by atoms with Crippen LogP contribution in [0.15, 0.2) is 0 Å². The average molecular weight is 284 g/mol. The third-order valence-corrected chi connectivity index (χ3v) is 4.77. The van der Waals surface area contributed by atoms with Gasteiger partial charge < -0.3 is 14.7 Å². The first kappa shape index (κ1) is 17.9. The fourth-order valence-electron chi connectivity index (χ4n) is 4.05.